The first-order valence-corrected chi connectivity index (χ1v) is 13.7. The highest BCUT2D eigenvalue weighted by atomic mass is 79.9. The van der Waals surface area contributed by atoms with E-state index in [1.54, 1.807) is 0 Å². The molecule has 0 saturated heterocycles. The summed E-state index contributed by atoms with van der Waals surface area (Å²) in [5.74, 6) is 0.942. The number of nitrogens with zero attached hydrogens (tertiary/aromatic N) is 3. The van der Waals surface area contributed by atoms with Crippen LogP contribution >= 0.6 is 47.8 Å². The van der Waals surface area contributed by atoms with Gasteiger partial charge in [0.15, 0.2) is 0 Å². The number of aromatic nitrogens is 2. The molecule has 6 heteroatoms. The van der Waals surface area contributed by atoms with Gasteiger partial charge in [-0.15, -0.1) is 0 Å². The molecule has 170 valence electrons. The van der Waals surface area contributed by atoms with Crippen LogP contribution in [-0.2, 0) is 4.45 Å². The van der Waals surface area contributed by atoms with E-state index in [1.165, 1.54) is 32.6 Å². The molecule has 1 aliphatic heterocycles. The van der Waals surface area contributed by atoms with E-state index in [4.69, 9.17) is 4.99 Å². The average molecular weight is 648 g/mol. The van der Waals surface area contributed by atoms with Crippen molar-refractivity contribution in [3.8, 4) is 0 Å². The number of hydrogen-bond acceptors (Lipinski definition) is 1. The fraction of sp³-hybridized carbons (Fsp3) is 0.0690. The minimum atomic E-state index is -0.465. The summed E-state index contributed by atoms with van der Waals surface area (Å²) in [5.41, 5.74) is 4.67. The Bertz CT molecular complexity index is 1880. The number of para-hydroxylation sites is 2. The largest absolute Gasteiger partial charge is 0.319 e. The van der Waals surface area contributed by atoms with E-state index in [9.17, 15) is 0 Å². The highest BCUT2D eigenvalue weighted by Gasteiger charge is 2.32. The maximum Gasteiger partial charge on any atom is 0.139 e. The molecule has 7 rings (SSSR count). The fourth-order valence-corrected chi connectivity index (χ4v) is 6.71. The lowest BCUT2D eigenvalue weighted by atomic mass is 10.1. The van der Waals surface area contributed by atoms with Crippen LogP contribution in [0.3, 0.4) is 0 Å². The van der Waals surface area contributed by atoms with Crippen LogP contribution < -0.4 is 0 Å². The summed E-state index contributed by atoms with van der Waals surface area (Å²) in [6.45, 7) is 0. The monoisotopic (exact) mass is 645 g/mol. The summed E-state index contributed by atoms with van der Waals surface area (Å²) in [6.07, 6.45) is 5.05. The van der Waals surface area contributed by atoms with Crippen LogP contribution in [0.15, 0.2) is 105 Å². The van der Waals surface area contributed by atoms with Crippen molar-refractivity contribution in [2.45, 2.75) is 10.9 Å². The fourth-order valence-electron chi connectivity index (χ4n) is 5.34. The van der Waals surface area contributed by atoms with Crippen LogP contribution in [0.5, 0.6) is 0 Å². The molecule has 1 atom stereocenters. The number of hydrogen-bond donors (Lipinski definition) is 0. The number of fused-ring (bicyclic) bond motifs is 6. The SMILES string of the molecule is Brc1ccc2c(c1)c1ccccc1n2C1=CCC(Br)(n2c3ccccc3c3cc(Br)ccc32)C=N1. The zero-order valence-corrected chi connectivity index (χ0v) is 23.2. The van der Waals surface area contributed by atoms with E-state index in [0.717, 1.165) is 32.2 Å². The Hall–Kier alpha value is -2.67. The number of rotatable bonds is 2. The van der Waals surface area contributed by atoms with Gasteiger partial charge in [-0.2, -0.15) is 0 Å². The van der Waals surface area contributed by atoms with E-state index in [1.807, 2.05) is 0 Å². The Balaban J connectivity index is 1.41. The second-order valence-corrected chi connectivity index (χ2v) is 12.1. The van der Waals surface area contributed by atoms with Crippen LogP contribution in [0.4, 0.5) is 0 Å². The lowest BCUT2D eigenvalue weighted by molar-refractivity contribution is 0.645. The molecule has 0 N–H and O–H groups in total. The summed E-state index contributed by atoms with van der Waals surface area (Å²) in [4.78, 5) is 5.05. The molecule has 0 spiro atoms. The van der Waals surface area contributed by atoms with Gasteiger partial charge < -0.3 is 4.57 Å². The molecular formula is C29H18Br3N3. The molecule has 6 aromatic rings. The quantitative estimate of drug-likeness (QED) is 0.167. The van der Waals surface area contributed by atoms with Crippen LogP contribution in [0.25, 0.3) is 49.4 Å². The first kappa shape index (κ1) is 21.6. The van der Waals surface area contributed by atoms with E-state index in [2.05, 4.69) is 154 Å². The minimum absolute atomic E-state index is 0.465. The Labute approximate surface area is 227 Å². The van der Waals surface area contributed by atoms with Crippen molar-refractivity contribution in [1.82, 2.24) is 9.13 Å². The second-order valence-electron chi connectivity index (χ2n) is 8.87. The van der Waals surface area contributed by atoms with Crippen LogP contribution in [0, 0.1) is 0 Å². The normalized spacial score (nSPS) is 18.2. The zero-order valence-electron chi connectivity index (χ0n) is 18.4. The maximum atomic E-state index is 5.05. The third kappa shape index (κ3) is 3.23. The number of aliphatic imine (C=N–C) groups is 1. The lowest BCUT2D eigenvalue weighted by Crippen LogP contribution is -2.29. The van der Waals surface area contributed by atoms with E-state index >= 15 is 0 Å². The van der Waals surface area contributed by atoms with Gasteiger partial charge >= 0.3 is 0 Å². The van der Waals surface area contributed by atoms with Crippen LogP contribution in [0.2, 0.25) is 0 Å². The number of benzene rings is 4. The number of halogens is 3. The Morgan fingerprint density at radius 3 is 1.89 bits per heavy atom. The van der Waals surface area contributed by atoms with Crippen molar-refractivity contribution in [2.24, 2.45) is 4.99 Å². The van der Waals surface area contributed by atoms with Crippen molar-refractivity contribution in [2.75, 3.05) is 0 Å². The molecule has 0 saturated carbocycles. The first-order chi connectivity index (χ1) is 17.0. The molecule has 1 unspecified atom stereocenters. The highest BCUT2D eigenvalue weighted by Crippen LogP contribution is 2.42. The molecular weight excluding hydrogens is 630 g/mol. The third-order valence-electron chi connectivity index (χ3n) is 6.84. The van der Waals surface area contributed by atoms with Crippen LogP contribution in [-0.4, -0.2) is 15.3 Å². The molecule has 0 bridgehead atoms. The molecule has 0 radical (unpaired) electrons. The molecule has 2 aromatic heterocycles. The van der Waals surface area contributed by atoms with Crippen molar-refractivity contribution in [3.05, 3.63) is 100.0 Å². The van der Waals surface area contributed by atoms with Gasteiger partial charge in [0.2, 0.25) is 0 Å². The van der Waals surface area contributed by atoms with E-state index in [0.29, 0.717) is 0 Å². The molecule has 1 aliphatic rings. The molecule has 3 nitrogen and oxygen atoms in total. The molecule has 0 fully saturated rings. The van der Waals surface area contributed by atoms with Gasteiger partial charge in [0.1, 0.15) is 10.3 Å². The van der Waals surface area contributed by atoms with Gasteiger partial charge in [0, 0.05) is 43.1 Å². The van der Waals surface area contributed by atoms with Gasteiger partial charge in [0.25, 0.3) is 0 Å². The van der Waals surface area contributed by atoms with Crippen LogP contribution in [0.1, 0.15) is 6.42 Å². The second kappa shape index (κ2) is 7.92. The van der Waals surface area contributed by atoms with Crippen molar-refractivity contribution in [3.63, 3.8) is 0 Å². The molecule has 35 heavy (non-hydrogen) atoms. The lowest BCUT2D eigenvalue weighted by Gasteiger charge is -2.29. The van der Waals surface area contributed by atoms with Gasteiger partial charge in [-0.3, -0.25) is 4.57 Å². The summed E-state index contributed by atoms with van der Waals surface area (Å²) in [7, 11) is 0. The Morgan fingerprint density at radius 1 is 0.657 bits per heavy atom. The smallest absolute Gasteiger partial charge is 0.139 e. The number of allylic oxidation sites excluding steroid dienone is 1. The van der Waals surface area contributed by atoms with E-state index < -0.39 is 4.45 Å². The number of alkyl halides is 1. The predicted octanol–water partition coefficient (Wildman–Crippen LogP) is 9.45. The first-order valence-electron chi connectivity index (χ1n) is 11.4. The third-order valence-corrected chi connectivity index (χ3v) is 8.71. The van der Waals surface area contributed by atoms with Gasteiger partial charge in [-0.25, -0.2) is 4.99 Å². The molecule has 4 aromatic carbocycles. The molecule has 0 amide bonds. The summed E-state index contributed by atoms with van der Waals surface area (Å²) in [6, 6.07) is 30.0. The highest BCUT2D eigenvalue weighted by molar-refractivity contribution is 9.11. The summed E-state index contributed by atoms with van der Waals surface area (Å²) < 4.78 is 6.32. The van der Waals surface area contributed by atoms with Gasteiger partial charge in [0.05, 0.1) is 22.1 Å². The van der Waals surface area contributed by atoms with Crippen molar-refractivity contribution < 1.29 is 0 Å². The topological polar surface area (TPSA) is 22.2 Å². The van der Waals surface area contributed by atoms with Crippen molar-refractivity contribution >= 4 is 103 Å². The van der Waals surface area contributed by atoms with Crippen molar-refractivity contribution in [1.29, 1.82) is 0 Å². The van der Waals surface area contributed by atoms with E-state index in [-0.39, 0.29) is 0 Å². The molecule has 0 aliphatic carbocycles. The summed E-state index contributed by atoms with van der Waals surface area (Å²) >= 11 is 11.4. The van der Waals surface area contributed by atoms with Gasteiger partial charge in [-0.05, 0) is 54.6 Å². The molecule has 3 heterocycles. The Kier molecular flexibility index (Phi) is 4.89. The zero-order chi connectivity index (χ0) is 23.7. The standard InChI is InChI=1S/C29H18Br3N3/c30-18-9-11-25-22(15-18)20-5-1-3-7-24(20)34(25)28-13-14-29(32,17-33-28)35-26-8-4-2-6-21(26)23-16-19(31)10-12-27(23)35/h1-13,15-17H,14H2. The average Bonchev–Trinajstić information content (AvgIpc) is 3.37. The minimum Gasteiger partial charge on any atom is -0.319 e. The summed E-state index contributed by atoms with van der Waals surface area (Å²) in [5, 5.41) is 4.90. The predicted molar refractivity (Wildman–Crippen MR) is 159 cm³/mol. The van der Waals surface area contributed by atoms with Gasteiger partial charge in [-0.1, -0.05) is 84.2 Å². The maximum absolute atomic E-state index is 5.05. The Morgan fingerprint density at radius 2 is 1.20 bits per heavy atom.